The number of nitrogens with zero attached hydrogens (tertiary/aromatic N) is 2. The SMILES string of the molecule is COC(=O)C(C)Sc1ncnc2scc(-c3ccc(F)cc3)c12. The lowest BCUT2D eigenvalue weighted by Crippen LogP contribution is -2.14. The second-order valence-corrected chi connectivity index (χ2v) is 6.99. The van der Waals surface area contributed by atoms with Crippen LogP contribution in [0.4, 0.5) is 4.39 Å². The third kappa shape index (κ3) is 3.20. The van der Waals surface area contributed by atoms with Crippen LogP contribution in [0.2, 0.25) is 0 Å². The normalized spacial score (nSPS) is 12.3. The molecule has 23 heavy (non-hydrogen) atoms. The van der Waals surface area contributed by atoms with Crippen LogP contribution in [0.3, 0.4) is 0 Å². The van der Waals surface area contributed by atoms with Crippen LogP contribution in [0.25, 0.3) is 21.3 Å². The number of rotatable bonds is 4. The molecule has 1 atom stereocenters. The second-order valence-electron chi connectivity index (χ2n) is 4.80. The lowest BCUT2D eigenvalue weighted by molar-refractivity contribution is -0.139. The Hall–Kier alpha value is -1.99. The van der Waals surface area contributed by atoms with Crippen molar-refractivity contribution in [1.82, 2.24) is 9.97 Å². The van der Waals surface area contributed by atoms with E-state index in [2.05, 4.69) is 9.97 Å². The highest BCUT2D eigenvalue weighted by Crippen LogP contribution is 2.39. The fourth-order valence-electron chi connectivity index (χ4n) is 2.16. The molecule has 2 aromatic heterocycles. The summed E-state index contributed by atoms with van der Waals surface area (Å²) in [6, 6.07) is 6.29. The third-order valence-electron chi connectivity index (χ3n) is 3.31. The molecule has 0 saturated carbocycles. The molecular weight excluding hydrogens is 335 g/mol. The van der Waals surface area contributed by atoms with Crippen LogP contribution in [-0.4, -0.2) is 28.3 Å². The van der Waals surface area contributed by atoms with Crippen LogP contribution >= 0.6 is 23.1 Å². The number of hydrogen-bond donors (Lipinski definition) is 0. The van der Waals surface area contributed by atoms with Crippen molar-refractivity contribution in [3.05, 3.63) is 41.8 Å². The van der Waals surface area contributed by atoms with Crippen molar-refractivity contribution in [2.75, 3.05) is 7.11 Å². The maximum absolute atomic E-state index is 13.1. The molecule has 7 heteroatoms. The van der Waals surface area contributed by atoms with Gasteiger partial charge in [0.05, 0.1) is 12.5 Å². The molecule has 0 aliphatic heterocycles. The first-order valence-corrected chi connectivity index (χ1v) is 8.58. The van der Waals surface area contributed by atoms with Crippen molar-refractivity contribution in [2.24, 2.45) is 0 Å². The number of thioether (sulfide) groups is 1. The van der Waals surface area contributed by atoms with Gasteiger partial charge < -0.3 is 4.74 Å². The quantitative estimate of drug-likeness (QED) is 0.403. The zero-order valence-electron chi connectivity index (χ0n) is 12.4. The van der Waals surface area contributed by atoms with Gasteiger partial charge in [0.1, 0.15) is 27.3 Å². The van der Waals surface area contributed by atoms with Crippen molar-refractivity contribution >= 4 is 39.3 Å². The molecular formula is C16H13FN2O2S2. The van der Waals surface area contributed by atoms with Gasteiger partial charge in [-0.25, -0.2) is 14.4 Å². The van der Waals surface area contributed by atoms with E-state index in [0.717, 1.165) is 21.3 Å². The fourth-order valence-corrected chi connectivity index (χ4v) is 4.10. The Kier molecular flexibility index (Phi) is 4.58. The number of ether oxygens (including phenoxy) is 1. The summed E-state index contributed by atoms with van der Waals surface area (Å²) >= 11 is 2.82. The highest BCUT2D eigenvalue weighted by atomic mass is 32.2. The van der Waals surface area contributed by atoms with Crippen molar-refractivity contribution in [1.29, 1.82) is 0 Å². The van der Waals surface area contributed by atoms with E-state index in [1.165, 1.54) is 48.7 Å². The molecule has 0 fully saturated rings. The topological polar surface area (TPSA) is 52.1 Å². The number of carbonyl (C=O) groups excluding carboxylic acids is 1. The maximum Gasteiger partial charge on any atom is 0.318 e. The van der Waals surface area contributed by atoms with Gasteiger partial charge in [0.2, 0.25) is 0 Å². The van der Waals surface area contributed by atoms with Gasteiger partial charge in [-0.2, -0.15) is 0 Å². The third-order valence-corrected chi connectivity index (χ3v) is 5.28. The standard InChI is InChI=1S/C16H13FN2O2S2/c1-9(16(20)21-2)23-15-13-12(7-22-14(13)18-8-19-15)10-3-5-11(17)6-4-10/h3-9H,1-2H3. The number of benzene rings is 1. The molecule has 0 radical (unpaired) electrons. The van der Waals surface area contributed by atoms with Gasteiger partial charge in [0.15, 0.2) is 0 Å². The summed E-state index contributed by atoms with van der Waals surface area (Å²) in [5.74, 6) is -0.584. The molecule has 0 aliphatic rings. The average Bonchev–Trinajstić information content (AvgIpc) is 3.00. The summed E-state index contributed by atoms with van der Waals surface area (Å²) in [6.07, 6.45) is 1.49. The minimum absolute atomic E-state index is 0.279. The lowest BCUT2D eigenvalue weighted by Gasteiger charge is -2.09. The fraction of sp³-hybridized carbons (Fsp3) is 0.188. The highest BCUT2D eigenvalue weighted by Gasteiger charge is 2.20. The van der Waals surface area contributed by atoms with E-state index in [9.17, 15) is 9.18 Å². The lowest BCUT2D eigenvalue weighted by atomic mass is 10.1. The van der Waals surface area contributed by atoms with E-state index in [-0.39, 0.29) is 17.0 Å². The van der Waals surface area contributed by atoms with Crippen molar-refractivity contribution in [2.45, 2.75) is 17.2 Å². The first-order chi connectivity index (χ1) is 11.1. The first-order valence-electron chi connectivity index (χ1n) is 6.82. The zero-order valence-corrected chi connectivity index (χ0v) is 14.1. The van der Waals surface area contributed by atoms with Gasteiger partial charge in [-0.15, -0.1) is 11.3 Å². The number of hydrogen-bond acceptors (Lipinski definition) is 6. The van der Waals surface area contributed by atoms with Gasteiger partial charge in [-0.1, -0.05) is 23.9 Å². The summed E-state index contributed by atoms with van der Waals surface area (Å²) in [7, 11) is 1.36. The molecule has 0 amide bonds. The largest absolute Gasteiger partial charge is 0.468 e. The molecule has 1 unspecified atom stereocenters. The molecule has 2 heterocycles. The van der Waals surface area contributed by atoms with Crippen molar-refractivity contribution < 1.29 is 13.9 Å². The van der Waals surface area contributed by atoms with Crippen LogP contribution in [0.15, 0.2) is 41.0 Å². The summed E-state index contributed by atoms with van der Waals surface area (Å²) in [6.45, 7) is 1.77. The molecule has 4 nitrogen and oxygen atoms in total. The van der Waals surface area contributed by atoms with Gasteiger partial charge in [0, 0.05) is 10.9 Å². The molecule has 0 aliphatic carbocycles. The Morgan fingerprint density at radius 3 is 2.74 bits per heavy atom. The molecule has 1 aromatic carbocycles. The van der Waals surface area contributed by atoms with Gasteiger partial charge in [0.25, 0.3) is 0 Å². The molecule has 0 spiro atoms. The van der Waals surface area contributed by atoms with E-state index >= 15 is 0 Å². The maximum atomic E-state index is 13.1. The van der Waals surface area contributed by atoms with Crippen molar-refractivity contribution in [3.63, 3.8) is 0 Å². The van der Waals surface area contributed by atoms with Crippen LogP contribution in [0.5, 0.6) is 0 Å². The monoisotopic (exact) mass is 348 g/mol. The molecule has 3 rings (SSSR count). The van der Waals surface area contributed by atoms with E-state index in [0.29, 0.717) is 5.03 Å². The molecule has 0 bridgehead atoms. The van der Waals surface area contributed by atoms with Gasteiger partial charge in [-0.05, 0) is 24.6 Å². The second kappa shape index (κ2) is 6.64. The van der Waals surface area contributed by atoms with Gasteiger partial charge in [-0.3, -0.25) is 4.79 Å². The molecule has 0 N–H and O–H groups in total. The van der Waals surface area contributed by atoms with Crippen LogP contribution in [0, 0.1) is 5.82 Å². The Morgan fingerprint density at radius 2 is 2.04 bits per heavy atom. The average molecular weight is 348 g/mol. The van der Waals surface area contributed by atoms with E-state index in [4.69, 9.17) is 4.74 Å². The number of fused-ring (bicyclic) bond motifs is 1. The Balaban J connectivity index is 2.07. The number of aromatic nitrogens is 2. The van der Waals surface area contributed by atoms with Crippen LogP contribution in [-0.2, 0) is 9.53 Å². The summed E-state index contributed by atoms with van der Waals surface area (Å²) < 4.78 is 17.9. The van der Waals surface area contributed by atoms with E-state index < -0.39 is 0 Å². The number of thiophene rings is 1. The summed E-state index contributed by atoms with van der Waals surface area (Å²) in [4.78, 5) is 21.1. The van der Waals surface area contributed by atoms with E-state index in [1.807, 2.05) is 5.38 Å². The van der Waals surface area contributed by atoms with E-state index in [1.54, 1.807) is 19.1 Å². The van der Waals surface area contributed by atoms with Crippen molar-refractivity contribution in [3.8, 4) is 11.1 Å². The number of esters is 1. The first kappa shape index (κ1) is 15.9. The van der Waals surface area contributed by atoms with Crippen LogP contribution < -0.4 is 0 Å². The zero-order chi connectivity index (χ0) is 16.4. The predicted octanol–water partition coefficient (Wildman–Crippen LogP) is 4.15. The number of methoxy groups -OCH3 is 1. The minimum Gasteiger partial charge on any atom is -0.468 e. The predicted molar refractivity (Wildman–Crippen MR) is 90.1 cm³/mol. The molecule has 118 valence electrons. The van der Waals surface area contributed by atoms with Gasteiger partial charge >= 0.3 is 5.97 Å². The Bertz CT molecular complexity index is 849. The highest BCUT2D eigenvalue weighted by molar-refractivity contribution is 8.00. The molecule has 3 aromatic rings. The minimum atomic E-state index is -0.376. The number of halogens is 1. The Labute approximate surface area is 140 Å². The number of carbonyl (C=O) groups is 1. The smallest absolute Gasteiger partial charge is 0.318 e. The summed E-state index contributed by atoms with van der Waals surface area (Å²) in [5.41, 5.74) is 1.82. The molecule has 0 saturated heterocycles. The van der Waals surface area contributed by atoms with Crippen LogP contribution in [0.1, 0.15) is 6.92 Å². The Morgan fingerprint density at radius 1 is 1.30 bits per heavy atom. The summed E-state index contributed by atoms with van der Waals surface area (Å²) in [5, 5.41) is 3.19.